The van der Waals surface area contributed by atoms with Crippen molar-refractivity contribution in [2.45, 2.75) is 38.6 Å². The van der Waals surface area contributed by atoms with Crippen LogP contribution in [0.3, 0.4) is 0 Å². The monoisotopic (exact) mass is 299 g/mol. The average molecular weight is 299 g/mol. The summed E-state index contributed by atoms with van der Waals surface area (Å²) in [6, 6.07) is 4.32. The number of hydrogen-bond donors (Lipinski definition) is 3. The van der Waals surface area contributed by atoms with Crippen LogP contribution < -0.4 is 10.5 Å². The molecule has 6 nitrogen and oxygen atoms in total. The van der Waals surface area contributed by atoms with E-state index in [2.05, 4.69) is 9.88 Å². The summed E-state index contributed by atoms with van der Waals surface area (Å²) < 4.78 is 27.3. The Morgan fingerprint density at radius 2 is 1.95 bits per heavy atom. The minimum atomic E-state index is -3.73. The summed E-state index contributed by atoms with van der Waals surface area (Å²) in [5.74, 6) is -0.306. The zero-order chi connectivity index (χ0) is 15.5. The van der Waals surface area contributed by atoms with E-state index < -0.39 is 16.1 Å². The van der Waals surface area contributed by atoms with Gasteiger partial charge in [0, 0.05) is 0 Å². The second-order valence-corrected chi connectivity index (χ2v) is 6.82. The highest BCUT2D eigenvalue weighted by Crippen LogP contribution is 2.17. The Morgan fingerprint density at radius 3 is 2.40 bits per heavy atom. The van der Waals surface area contributed by atoms with Crippen molar-refractivity contribution in [2.24, 2.45) is 16.8 Å². The van der Waals surface area contributed by atoms with E-state index in [0.717, 1.165) is 5.56 Å². The molecule has 0 spiro atoms. The minimum Gasteiger partial charge on any atom is -0.409 e. The third kappa shape index (κ3) is 3.71. The van der Waals surface area contributed by atoms with Crippen molar-refractivity contribution < 1.29 is 13.6 Å². The first-order valence-electron chi connectivity index (χ1n) is 6.26. The van der Waals surface area contributed by atoms with Crippen LogP contribution >= 0.6 is 0 Å². The van der Waals surface area contributed by atoms with Crippen molar-refractivity contribution in [3.05, 3.63) is 29.3 Å². The van der Waals surface area contributed by atoms with Gasteiger partial charge in [-0.1, -0.05) is 36.7 Å². The molecular formula is C13H21N3O3S. The predicted octanol–water partition coefficient (Wildman–Crippen LogP) is 1.35. The molecule has 1 unspecified atom stereocenters. The number of nitrogens with one attached hydrogen (secondary N) is 1. The molecule has 1 atom stereocenters. The summed E-state index contributed by atoms with van der Waals surface area (Å²) in [4.78, 5) is 0.194. The van der Waals surface area contributed by atoms with Gasteiger partial charge in [-0.2, -0.15) is 0 Å². The summed E-state index contributed by atoms with van der Waals surface area (Å²) in [7, 11) is -3.73. The van der Waals surface area contributed by atoms with Gasteiger partial charge in [0.2, 0.25) is 10.0 Å². The van der Waals surface area contributed by atoms with E-state index in [1.54, 1.807) is 39.0 Å². The Bertz CT molecular complexity index is 609. The van der Waals surface area contributed by atoms with Crippen LogP contribution in [0.15, 0.2) is 28.3 Å². The van der Waals surface area contributed by atoms with Crippen LogP contribution in [-0.2, 0) is 10.0 Å². The number of rotatable bonds is 5. The number of hydrogen-bond acceptors (Lipinski definition) is 4. The zero-order valence-corrected chi connectivity index (χ0v) is 12.9. The van der Waals surface area contributed by atoms with Crippen LogP contribution in [0.2, 0.25) is 0 Å². The maximum absolute atomic E-state index is 12.4. The molecule has 0 aliphatic carbocycles. The molecule has 0 aliphatic rings. The van der Waals surface area contributed by atoms with E-state index in [1.165, 1.54) is 0 Å². The highest BCUT2D eigenvalue weighted by Gasteiger charge is 2.26. The van der Waals surface area contributed by atoms with E-state index in [4.69, 9.17) is 10.9 Å². The number of amidine groups is 1. The van der Waals surface area contributed by atoms with E-state index in [9.17, 15) is 8.42 Å². The van der Waals surface area contributed by atoms with Gasteiger partial charge in [-0.25, -0.2) is 13.1 Å². The molecule has 0 heterocycles. The van der Waals surface area contributed by atoms with Gasteiger partial charge in [-0.15, -0.1) is 0 Å². The lowest BCUT2D eigenvalue weighted by Gasteiger charge is -2.21. The standard InChI is InChI=1S/C13H21N3O3S/c1-8(2)12(13(14)15-17)16-20(18,19)11-6-5-9(3)7-10(11)4/h5-8,12,16-17H,1-4H3,(H2,14,15). The SMILES string of the molecule is Cc1ccc(S(=O)(=O)NC(C(N)=NO)C(C)C)c(C)c1. The Labute approximate surface area is 119 Å². The van der Waals surface area contributed by atoms with Gasteiger partial charge < -0.3 is 10.9 Å². The second-order valence-electron chi connectivity index (χ2n) is 5.14. The third-order valence-corrected chi connectivity index (χ3v) is 4.60. The van der Waals surface area contributed by atoms with Gasteiger partial charge in [-0.3, -0.25) is 0 Å². The van der Waals surface area contributed by atoms with Gasteiger partial charge in [0.15, 0.2) is 5.84 Å². The fourth-order valence-electron chi connectivity index (χ4n) is 1.93. The fraction of sp³-hybridized carbons (Fsp3) is 0.462. The van der Waals surface area contributed by atoms with Gasteiger partial charge in [0.05, 0.1) is 10.9 Å². The summed E-state index contributed by atoms with van der Waals surface area (Å²) in [6.45, 7) is 7.19. The molecule has 1 aromatic rings. The molecule has 1 rings (SSSR count). The lowest BCUT2D eigenvalue weighted by atomic mass is 10.1. The first-order chi connectivity index (χ1) is 9.19. The molecule has 0 radical (unpaired) electrons. The maximum atomic E-state index is 12.4. The summed E-state index contributed by atoms with van der Waals surface area (Å²) in [5.41, 5.74) is 7.18. The van der Waals surface area contributed by atoms with E-state index in [0.29, 0.717) is 5.56 Å². The van der Waals surface area contributed by atoms with Gasteiger partial charge in [-0.05, 0) is 31.4 Å². The van der Waals surface area contributed by atoms with Crippen molar-refractivity contribution >= 4 is 15.9 Å². The predicted molar refractivity (Wildman–Crippen MR) is 78.3 cm³/mol. The summed E-state index contributed by atoms with van der Waals surface area (Å²) in [6.07, 6.45) is 0. The third-order valence-electron chi connectivity index (χ3n) is 3.00. The zero-order valence-electron chi connectivity index (χ0n) is 12.1. The van der Waals surface area contributed by atoms with Crippen molar-refractivity contribution in [1.29, 1.82) is 0 Å². The number of nitrogens with two attached hydrogens (primary N) is 1. The Hall–Kier alpha value is -1.60. The second kappa shape index (κ2) is 6.23. The Morgan fingerprint density at radius 1 is 1.35 bits per heavy atom. The number of sulfonamides is 1. The molecule has 0 aromatic heterocycles. The van der Waals surface area contributed by atoms with Gasteiger partial charge in [0.25, 0.3) is 0 Å². The minimum absolute atomic E-state index is 0.147. The summed E-state index contributed by atoms with van der Waals surface area (Å²) in [5, 5.41) is 11.6. The van der Waals surface area contributed by atoms with E-state index in [1.807, 2.05) is 6.92 Å². The number of oxime groups is 1. The van der Waals surface area contributed by atoms with E-state index >= 15 is 0 Å². The topological polar surface area (TPSA) is 105 Å². The van der Waals surface area contributed by atoms with Crippen LogP contribution in [0, 0.1) is 19.8 Å². The van der Waals surface area contributed by atoms with Crippen LogP contribution in [-0.4, -0.2) is 25.5 Å². The highest BCUT2D eigenvalue weighted by molar-refractivity contribution is 7.89. The molecule has 0 fully saturated rings. The molecular weight excluding hydrogens is 278 g/mol. The van der Waals surface area contributed by atoms with Crippen LogP contribution in [0.25, 0.3) is 0 Å². The van der Waals surface area contributed by atoms with Gasteiger partial charge >= 0.3 is 0 Å². The lowest BCUT2D eigenvalue weighted by molar-refractivity contribution is 0.313. The highest BCUT2D eigenvalue weighted by atomic mass is 32.2. The fourth-order valence-corrected chi connectivity index (χ4v) is 3.52. The molecule has 1 aromatic carbocycles. The first-order valence-corrected chi connectivity index (χ1v) is 7.74. The summed E-state index contributed by atoms with van der Waals surface area (Å²) >= 11 is 0. The molecule has 4 N–H and O–H groups in total. The molecule has 112 valence electrons. The quantitative estimate of drug-likeness (QED) is 0.330. The van der Waals surface area contributed by atoms with Crippen molar-refractivity contribution in [2.75, 3.05) is 0 Å². The number of aryl methyl sites for hydroxylation is 2. The molecule has 0 saturated heterocycles. The molecule has 0 saturated carbocycles. The van der Waals surface area contributed by atoms with Crippen LogP contribution in [0.5, 0.6) is 0 Å². The Kier molecular flexibility index (Phi) is 5.13. The maximum Gasteiger partial charge on any atom is 0.241 e. The van der Waals surface area contributed by atoms with E-state index in [-0.39, 0.29) is 16.6 Å². The van der Waals surface area contributed by atoms with Crippen molar-refractivity contribution in [3.8, 4) is 0 Å². The first kappa shape index (κ1) is 16.5. The molecule has 7 heteroatoms. The lowest BCUT2D eigenvalue weighted by Crippen LogP contribution is -2.47. The number of nitrogens with zero attached hydrogens (tertiary/aromatic N) is 1. The normalized spacial score (nSPS) is 14.6. The van der Waals surface area contributed by atoms with Crippen LogP contribution in [0.4, 0.5) is 0 Å². The smallest absolute Gasteiger partial charge is 0.241 e. The molecule has 0 bridgehead atoms. The van der Waals surface area contributed by atoms with Crippen LogP contribution in [0.1, 0.15) is 25.0 Å². The molecule has 20 heavy (non-hydrogen) atoms. The average Bonchev–Trinajstić information content (AvgIpc) is 2.34. The van der Waals surface area contributed by atoms with Crippen molar-refractivity contribution in [1.82, 2.24) is 4.72 Å². The molecule has 0 aliphatic heterocycles. The van der Waals surface area contributed by atoms with Crippen molar-refractivity contribution in [3.63, 3.8) is 0 Å². The largest absolute Gasteiger partial charge is 0.409 e. The van der Waals surface area contributed by atoms with Gasteiger partial charge in [0.1, 0.15) is 0 Å². The number of benzene rings is 1. The molecule has 0 amide bonds. The Balaban J connectivity index is 3.16.